The lowest BCUT2D eigenvalue weighted by Gasteiger charge is -2.33. The molecule has 0 aliphatic carbocycles. The van der Waals surface area contributed by atoms with Crippen molar-refractivity contribution in [3.8, 4) is 0 Å². The topological polar surface area (TPSA) is 109 Å². The Morgan fingerprint density at radius 1 is 1.21 bits per heavy atom. The Morgan fingerprint density at radius 3 is 2.72 bits per heavy atom. The maximum Gasteiger partial charge on any atom is 0.245 e. The van der Waals surface area contributed by atoms with Crippen molar-refractivity contribution in [3.05, 3.63) is 42.4 Å². The van der Waals surface area contributed by atoms with Gasteiger partial charge in [-0.1, -0.05) is 6.07 Å². The minimum absolute atomic E-state index is 0.122. The third-order valence-electron chi connectivity index (χ3n) is 4.91. The van der Waals surface area contributed by atoms with Crippen LogP contribution in [0.15, 0.2) is 45.9 Å². The molecule has 11 heteroatoms. The lowest BCUT2D eigenvalue weighted by atomic mass is 10.2. The number of piperazine rings is 1. The standard InChI is InChI=1S/C18H21N5O4S2/c1-13(15-5-3-11-27-15)19-17(24)12-22-7-9-23(10-8-22)29(25,26)16-6-2-4-14-18(16)21-28-20-14/h2-6,11,13H,7-10,12H2,1H3,(H,19,24). The summed E-state index contributed by atoms with van der Waals surface area (Å²) in [5.74, 6) is 0.573. The van der Waals surface area contributed by atoms with E-state index in [4.69, 9.17) is 4.42 Å². The first-order valence-corrected chi connectivity index (χ1v) is 11.4. The molecule has 9 nitrogen and oxygen atoms in total. The van der Waals surface area contributed by atoms with Crippen molar-refractivity contribution in [3.63, 3.8) is 0 Å². The number of carbonyl (C=O) groups is 1. The van der Waals surface area contributed by atoms with Crippen LogP contribution >= 0.6 is 11.7 Å². The van der Waals surface area contributed by atoms with E-state index in [1.807, 2.05) is 17.9 Å². The van der Waals surface area contributed by atoms with Crippen LogP contribution in [0.4, 0.5) is 0 Å². The Morgan fingerprint density at radius 2 is 2.00 bits per heavy atom. The van der Waals surface area contributed by atoms with Gasteiger partial charge in [0.25, 0.3) is 0 Å². The van der Waals surface area contributed by atoms with E-state index in [1.54, 1.807) is 30.5 Å². The zero-order valence-corrected chi connectivity index (χ0v) is 17.4. The van der Waals surface area contributed by atoms with Crippen molar-refractivity contribution < 1.29 is 17.6 Å². The number of furan rings is 1. The van der Waals surface area contributed by atoms with Gasteiger partial charge in [-0.05, 0) is 31.2 Å². The molecule has 1 unspecified atom stereocenters. The van der Waals surface area contributed by atoms with Crippen LogP contribution in [0.2, 0.25) is 0 Å². The predicted molar refractivity (Wildman–Crippen MR) is 108 cm³/mol. The van der Waals surface area contributed by atoms with Crippen molar-refractivity contribution in [2.45, 2.75) is 17.9 Å². The number of nitrogens with zero attached hydrogens (tertiary/aromatic N) is 4. The molecule has 1 N–H and O–H groups in total. The molecule has 2 aromatic heterocycles. The number of carbonyl (C=O) groups excluding carboxylic acids is 1. The average Bonchev–Trinajstić information content (AvgIpc) is 3.39. The Hall–Kier alpha value is -2.34. The molecule has 1 fully saturated rings. The molecule has 1 saturated heterocycles. The fraction of sp³-hybridized carbons (Fsp3) is 0.389. The van der Waals surface area contributed by atoms with Gasteiger partial charge in [-0.15, -0.1) is 0 Å². The summed E-state index contributed by atoms with van der Waals surface area (Å²) < 4.78 is 41.1. The highest BCUT2D eigenvalue weighted by Gasteiger charge is 2.31. The van der Waals surface area contributed by atoms with E-state index in [-0.39, 0.29) is 23.4 Å². The molecule has 1 atom stereocenters. The molecule has 0 saturated carbocycles. The number of hydrogen-bond donors (Lipinski definition) is 1. The van der Waals surface area contributed by atoms with Gasteiger partial charge in [-0.3, -0.25) is 9.69 Å². The number of amides is 1. The van der Waals surface area contributed by atoms with Crippen LogP contribution in [0.5, 0.6) is 0 Å². The van der Waals surface area contributed by atoms with Crippen LogP contribution in [0.25, 0.3) is 11.0 Å². The first-order chi connectivity index (χ1) is 13.9. The van der Waals surface area contributed by atoms with Crippen LogP contribution in [0.3, 0.4) is 0 Å². The minimum atomic E-state index is -3.66. The quantitative estimate of drug-likeness (QED) is 0.624. The summed E-state index contributed by atoms with van der Waals surface area (Å²) in [6.45, 7) is 3.66. The van der Waals surface area contributed by atoms with Crippen molar-refractivity contribution in [2.75, 3.05) is 32.7 Å². The maximum atomic E-state index is 13.1. The lowest BCUT2D eigenvalue weighted by molar-refractivity contribution is -0.123. The SMILES string of the molecule is CC(NC(=O)CN1CCN(S(=O)(=O)c2cccc3nsnc23)CC1)c1ccco1. The third kappa shape index (κ3) is 4.17. The number of nitrogens with one attached hydrogen (secondary N) is 1. The minimum Gasteiger partial charge on any atom is -0.467 e. The Balaban J connectivity index is 1.35. The predicted octanol–water partition coefficient (Wildman–Crippen LogP) is 1.47. The number of sulfonamides is 1. The smallest absolute Gasteiger partial charge is 0.245 e. The average molecular weight is 436 g/mol. The number of fused-ring (bicyclic) bond motifs is 1. The molecule has 4 rings (SSSR count). The Labute approximate surface area is 172 Å². The van der Waals surface area contributed by atoms with Gasteiger partial charge in [0, 0.05) is 26.2 Å². The van der Waals surface area contributed by atoms with Crippen LogP contribution in [0, 0.1) is 0 Å². The molecule has 29 heavy (non-hydrogen) atoms. The van der Waals surface area contributed by atoms with E-state index in [9.17, 15) is 13.2 Å². The zero-order chi connectivity index (χ0) is 20.4. The summed E-state index contributed by atoms with van der Waals surface area (Å²) in [5, 5.41) is 2.89. The second kappa shape index (κ2) is 8.19. The monoisotopic (exact) mass is 435 g/mol. The maximum absolute atomic E-state index is 13.1. The van der Waals surface area contributed by atoms with Crippen molar-refractivity contribution >= 4 is 38.7 Å². The Bertz CT molecular complexity index is 1090. The fourth-order valence-corrected chi connectivity index (χ4v) is 5.53. The number of benzene rings is 1. The molecule has 1 aliphatic heterocycles. The molecule has 154 valence electrons. The molecule has 3 aromatic rings. The molecule has 1 aliphatic rings. The molecular weight excluding hydrogens is 414 g/mol. The van der Waals surface area contributed by atoms with Gasteiger partial charge in [-0.2, -0.15) is 13.1 Å². The zero-order valence-electron chi connectivity index (χ0n) is 15.8. The van der Waals surface area contributed by atoms with E-state index in [0.29, 0.717) is 43.0 Å². The lowest BCUT2D eigenvalue weighted by Crippen LogP contribution is -2.51. The van der Waals surface area contributed by atoms with Crippen molar-refractivity contribution in [1.29, 1.82) is 0 Å². The normalized spacial score (nSPS) is 17.4. The second-order valence-electron chi connectivity index (χ2n) is 6.87. The van der Waals surface area contributed by atoms with Crippen molar-refractivity contribution in [1.82, 2.24) is 23.3 Å². The molecule has 1 amide bonds. The first-order valence-electron chi connectivity index (χ1n) is 9.22. The molecule has 1 aromatic carbocycles. The second-order valence-corrected chi connectivity index (χ2v) is 9.31. The molecule has 0 bridgehead atoms. The van der Waals surface area contributed by atoms with Gasteiger partial charge in [0.15, 0.2) is 0 Å². The van der Waals surface area contributed by atoms with Gasteiger partial charge in [0.1, 0.15) is 21.7 Å². The summed E-state index contributed by atoms with van der Waals surface area (Å²) >= 11 is 0.998. The van der Waals surface area contributed by atoms with E-state index in [0.717, 1.165) is 11.7 Å². The van der Waals surface area contributed by atoms with Crippen LogP contribution in [0.1, 0.15) is 18.7 Å². The highest BCUT2D eigenvalue weighted by molar-refractivity contribution is 7.89. The largest absolute Gasteiger partial charge is 0.467 e. The van der Waals surface area contributed by atoms with E-state index < -0.39 is 10.0 Å². The van der Waals surface area contributed by atoms with E-state index in [1.165, 1.54) is 4.31 Å². The summed E-state index contributed by atoms with van der Waals surface area (Å²) in [7, 11) is -3.66. The van der Waals surface area contributed by atoms with Gasteiger partial charge in [0.05, 0.1) is 30.6 Å². The first kappa shape index (κ1) is 20.0. The summed E-state index contributed by atoms with van der Waals surface area (Å²) in [6, 6.07) is 8.36. The van der Waals surface area contributed by atoms with Gasteiger partial charge in [-0.25, -0.2) is 8.42 Å². The van der Waals surface area contributed by atoms with Gasteiger partial charge in [0.2, 0.25) is 15.9 Å². The van der Waals surface area contributed by atoms with Gasteiger partial charge < -0.3 is 9.73 Å². The highest BCUT2D eigenvalue weighted by atomic mass is 32.2. The highest BCUT2D eigenvalue weighted by Crippen LogP contribution is 2.25. The van der Waals surface area contributed by atoms with Crippen molar-refractivity contribution in [2.24, 2.45) is 0 Å². The Kier molecular flexibility index (Phi) is 5.63. The molecule has 0 radical (unpaired) electrons. The van der Waals surface area contributed by atoms with E-state index in [2.05, 4.69) is 14.1 Å². The van der Waals surface area contributed by atoms with Crippen LogP contribution < -0.4 is 5.32 Å². The third-order valence-corrected chi connectivity index (χ3v) is 7.39. The molecular formula is C18H21N5O4S2. The summed E-state index contributed by atoms with van der Waals surface area (Å²) in [4.78, 5) is 14.4. The fourth-order valence-electron chi connectivity index (χ4n) is 3.36. The summed E-state index contributed by atoms with van der Waals surface area (Å²) in [6.07, 6.45) is 1.57. The number of rotatable bonds is 6. The summed E-state index contributed by atoms with van der Waals surface area (Å²) in [5.41, 5.74) is 0.989. The number of hydrogen-bond acceptors (Lipinski definition) is 8. The van der Waals surface area contributed by atoms with Crippen LogP contribution in [-0.2, 0) is 14.8 Å². The van der Waals surface area contributed by atoms with Crippen LogP contribution in [-0.4, -0.2) is 65.0 Å². The van der Waals surface area contributed by atoms with Gasteiger partial charge >= 0.3 is 0 Å². The molecule has 0 spiro atoms. The number of aromatic nitrogens is 2. The molecule has 3 heterocycles. The van der Waals surface area contributed by atoms with E-state index >= 15 is 0 Å².